The molecule has 1 aromatic heterocycles. The van der Waals surface area contributed by atoms with Crippen LogP contribution >= 0.6 is 0 Å². The maximum atomic E-state index is 12.8. The van der Waals surface area contributed by atoms with E-state index in [0.29, 0.717) is 17.2 Å². The first-order chi connectivity index (χ1) is 21.9. The predicted octanol–water partition coefficient (Wildman–Crippen LogP) is 4.30. The molecule has 0 saturated carbocycles. The van der Waals surface area contributed by atoms with Gasteiger partial charge in [0.2, 0.25) is 0 Å². The lowest BCUT2D eigenvalue weighted by Gasteiger charge is -2.26. The number of nitrogens with two attached hydrogens (primary N) is 1. The van der Waals surface area contributed by atoms with Gasteiger partial charge in [0.1, 0.15) is 28.9 Å². The van der Waals surface area contributed by atoms with E-state index in [1.54, 1.807) is 34.0 Å². The Morgan fingerprint density at radius 2 is 1.93 bits per heavy atom. The van der Waals surface area contributed by atoms with Crippen LogP contribution in [0.3, 0.4) is 0 Å². The van der Waals surface area contributed by atoms with Gasteiger partial charge < -0.3 is 35.5 Å². The van der Waals surface area contributed by atoms with E-state index >= 15 is 0 Å². The molecule has 0 radical (unpaired) electrons. The number of amides is 1. The minimum absolute atomic E-state index is 0.181. The third kappa shape index (κ3) is 9.04. The Bertz CT molecular complexity index is 1510. The third-order valence-electron chi connectivity index (χ3n) is 7.92. The molecule has 2 heterocycles. The summed E-state index contributed by atoms with van der Waals surface area (Å²) in [6.07, 6.45) is 6.97. The number of nitrogens with zero attached hydrogens (tertiary/aromatic N) is 3. The number of quaternary nitrogens is 1. The fraction of sp³-hybridized carbons (Fsp3) is 0.429. The number of carboxylic acids is 1. The molecular weight excluding hydrogens is 584 g/mol. The van der Waals surface area contributed by atoms with Crippen LogP contribution in [0.1, 0.15) is 51.3 Å². The van der Waals surface area contributed by atoms with Crippen molar-refractivity contribution < 1.29 is 29.5 Å². The zero-order chi connectivity index (χ0) is 33.4. The molecule has 1 fully saturated rings. The SMILES string of the molecule is C[NH2+]/C(CCCN(C)Cc1ccc(OC)cc1)=C1\C(=N)C=CC=C1c1cccc(N[C@H]2CC(C(=O)O)N(C(=O)OC(C)(C)C)C2)n1. The number of anilines is 1. The van der Waals surface area contributed by atoms with E-state index in [0.717, 1.165) is 48.5 Å². The lowest BCUT2D eigenvalue weighted by Crippen LogP contribution is -2.78. The minimum Gasteiger partial charge on any atom is -0.497 e. The molecule has 5 N–H and O–H groups in total. The van der Waals surface area contributed by atoms with Crippen LogP contribution in [0.15, 0.2) is 72.0 Å². The van der Waals surface area contributed by atoms with Gasteiger partial charge in [-0.1, -0.05) is 30.4 Å². The highest BCUT2D eigenvalue weighted by Crippen LogP contribution is 2.30. The first-order valence-corrected chi connectivity index (χ1v) is 15.7. The van der Waals surface area contributed by atoms with E-state index in [1.807, 2.05) is 49.5 Å². The summed E-state index contributed by atoms with van der Waals surface area (Å²) in [6, 6.07) is 12.4. The smallest absolute Gasteiger partial charge is 0.411 e. The Hall–Kier alpha value is -4.48. The number of hydrogen-bond acceptors (Lipinski definition) is 8. The van der Waals surface area contributed by atoms with E-state index in [9.17, 15) is 14.7 Å². The molecular formula is C35H47N6O5+. The van der Waals surface area contributed by atoms with E-state index in [1.165, 1.54) is 10.5 Å². The van der Waals surface area contributed by atoms with E-state index in [4.69, 9.17) is 19.9 Å². The number of methoxy groups -OCH3 is 1. The Kier molecular flexibility index (Phi) is 11.4. The molecule has 0 bridgehead atoms. The molecule has 2 aliphatic rings. The largest absolute Gasteiger partial charge is 0.497 e. The molecule has 4 rings (SSSR count). The van der Waals surface area contributed by atoms with Crippen molar-refractivity contribution in [2.45, 2.75) is 64.3 Å². The van der Waals surface area contributed by atoms with Crippen molar-refractivity contribution in [1.29, 1.82) is 5.41 Å². The number of likely N-dealkylation sites (tertiary alicyclic amines) is 1. The number of pyridine rings is 1. The number of carbonyl (C=O) groups is 2. The summed E-state index contributed by atoms with van der Waals surface area (Å²) in [5.74, 6) is 0.348. The Morgan fingerprint density at radius 1 is 1.20 bits per heavy atom. The van der Waals surface area contributed by atoms with E-state index in [-0.39, 0.29) is 19.0 Å². The number of benzene rings is 1. The van der Waals surface area contributed by atoms with Crippen molar-refractivity contribution in [2.24, 2.45) is 0 Å². The molecule has 246 valence electrons. The molecule has 11 heteroatoms. The summed E-state index contributed by atoms with van der Waals surface area (Å²) in [5.41, 5.74) is 4.45. The molecule has 1 saturated heterocycles. The summed E-state index contributed by atoms with van der Waals surface area (Å²) in [5, 5.41) is 24.0. The van der Waals surface area contributed by atoms with Crippen LogP contribution in [0, 0.1) is 5.41 Å². The van der Waals surface area contributed by atoms with Gasteiger partial charge in [0.25, 0.3) is 0 Å². The van der Waals surface area contributed by atoms with Gasteiger partial charge in [0, 0.05) is 37.5 Å². The van der Waals surface area contributed by atoms with Crippen molar-refractivity contribution in [3.63, 3.8) is 0 Å². The number of nitrogens with one attached hydrogen (secondary N) is 2. The van der Waals surface area contributed by atoms with Gasteiger partial charge in [-0.15, -0.1) is 0 Å². The number of hydrogen-bond donors (Lipinski definition) is 4. The van der Waals surface area contributed by atoms with Crippen molar-refractivity contribution in [1.82, 2.24) is 14.8 Å². The van der Waals surface area contributed by atoms with Crippen LogP contribution in [-0.2, 0) is 16.1 Å². The van der Waals surface area contributed by atoms with Gasteiger partial charge in [-0.2, -0.15) is 0 Å². The van der Waals surface area contributed by atoms with Gasteiger partial charge in [-0.3, -0.25) is 4.90 Å². The fourth-order valence-electron chi connectivity index (χ4n) is 5.76. The van der Waals surface area contributed by atoms with Crippen LogP contribution in [0.5, 0.6) is 5.75 Å². The number of rotatable bonds is 12. The molecule has 1 aliphatic carbocycles. The second-order valence-corrected chi connectivity index (χ2v) is 12.7. The van der Waals surface area contributed by atoms with E-state index in [2.05, 4.69) is 34.7 Å². The normalized spacial score (nSPS) is 19.2. The van der Waals surface area contributed by atoms with Crippen molar-refractivity contribution in [3.05, 3.63) is 83.2 Å². The Balaban J connectivity index is 1.45. The molecule has 2 atom stereocenters. The average Bonchev–Trinajstić information content (AvgIpc) is 3.44. The van der Waals surface area contributed by atoms with E-state index < -0.39 is 23.7 Å². The number of carboxylic acid groups (broad SMARTS) is 1. The number of ether oxygens (including phenoxy) is 2. The molecule has 1 amide bonds. The molecule has 1 aliphatic heterocycles. The topological polar surface area (TPSA) is 145 Å². The maximum Gasteiger partial charge on any atom is 0.411 e. The summed E-state index contributed by atoms with van der Waals surface area (Å²) in [4.78, 5) is 33.2. The molecule has 1 unspecified atom stereocenters. The van der Waals surface area contributed by atoms with Gasteiger partial charge >= 0.3 is 12.1 Å². The number of carbonyl (C=O) groups excluding carboxylic acids is 1. The van der Waals surface area contributed by atoms with Gasteiger partial charge in [0.05, 0.1) is 31.1 Å². The molecule has 0 spiro atoms. The number of aliphatic carboxylic acids is 1. The summed E-state index contributed by atoms with van der Waals surface area (Å²) >= 11 is 0. The van der Waals surface area contributed by atoms with Gasteiger partial charge in [-0.25, -0.2) is 14.6 Å². The van der Waals surface area contributed by atoms with Gasteiger partial charge in [0.15, 0.2) is 0 Å². The molecule has 1 aromatic carbocycles. The lowest BCUT2D eigenvalue weighted by atomic mass is 9.90. The number of aromatic nitrogens is 1. The van der Waals surface area contributed by atoms with Crippen molar-refractivity contribution >= 4 is 29.2 Å². The standard InChI is InChI=1S/C35H46N6O5/c1-35(2,3)46-34(44)41-22-24(20-30(41)33(42)43)38-31-14-8-12-28(39-31)26-10-7-11-27(36)32(26)29(37-4)13-9-19-40(5)21-23-15-17-25(45-6)18-16-23/h7-8,10-12,14-18,24,30,36-37H,9,13,19-22H2,1-6H3,(H,38,39)(H,42,43)/p+1/b32-29-,36-27?/t24-,30?/m0/s1. The monoisotopic (exact) mass is 631 g/mol. The lowest BCUT2D eigenvalue weighted by molar-refractivity contribution is -0.579. The highest BCUT2D eigenvalue weighted by atomic mass is 16.6. The summed E-state index contributed by atoms with van der Waals surface area (Å²) in [7, 11) is 5.79. The molecule has 2 aromatic rings. The summed E-state index contributed by atoms with van der Waals surface area (Å²) < 4.78 is 10.7. The second kappa shape index (κ2) is 15.2. The maximum absolute atomic E-state index is 12.8. The van der Waals surface area contributed by atoms with Crippen molar-refractivity contribution in [2.75, 3.05) is 39.6 Å². The first kappa shape index (κ1) is 34.4. The van der Waals surface area contributed by atoms with Crippen LogP contribution in [0.2, 0.25) is 0 Å². The Labute approximate surface area is 271 Å². The van der Waals surface area contributed by atoms with Crippen LogP contribution in [0.4, 0.5) is 10.6 Å². The fourth-order valence-corrected chi connectivity index (χ4v) is 5.76. The first-order valence-electron chi connectivity index (χ1n) is 15.7. The Morgan fingerprint density at radius 3 is 2.59 bits per heavy atom. The highest BCUT2D eigenvalue weighted by molar-refractivity contribution is 6.19. The minimum atomic E-state index is -1.07. The number of allylic oxidation sites excluding steroid dienone is 6. The van der Waals surface area contributed by atoms with Crippen LogP contribution in [-0.4, -0.2) is 89.6 Å². The van der Waals surface area contributed by atoms with Crippen LogP contribution in [0.25, 0.3) is 5.57 Å². The van der Waals surface area contributed by atoms with Crippen molar-refractivity contribution in [3.8, 4) is 5.75 Å². The third-order valence-corrected chi connectivity index (χ3v) is 7.92. The molecule has 11 nitrogen and oxygen atoms in total. The van der Waals surface area contributed by atoms with Crippen LogP contribution < -0.4 is 15.4 Å². The van der Waals surface area contributed by atoms with Gasteiger partial charge in [-0.05, 0) is 76.7 Å². The second-order valence-electron chi connectivity index (χ2n) is 12.7. The predicted molar refractivity (Wildman–Crippen MR) is 179 cm³/mol. The highest BCUT2D eigenvalue weighted by Gasteiger charge is 2.41. The molecule has 46 heavy (non-hydrogen) atoms. The average molecular weight is 632 g/mol. The zero-order valence-corrected chi connectivity index (χ0v) is 27.7. The summed E-state index contributed by atoms with van der Waals surface area (Å²) in [6.45, 7) is 7.18. The zero-order valence-electron chi connectivity index (χ0n) is 27.7. The quantitative estimate of drug-likeness (QED) is 0.272.